The van der Waals surface area contributed by atoms with Crippen molar-refractivity contribution in [3.8, 4) is 39.6 Å². The van der Waals surface area contributed by atoms with Gasteiger partial charge in [-0.3, -0.25) is 4.57 Å². The van der Waals surface area contributed by atoms with Crippen molar-refractivity contribution in [3.63, 3.8) is 0 Å². The van der Waals surface area contributed by atoms with Crippen LogP contribution in [-0.2, 0) is 5.41 Å². The van der Waals surface area contributed by atoms with Crippen LogP contribution >= 0.6 is 0 Å². The Morgan fingerprint density at radius 1 is 0.603 bits per heavy atom. The van der Waals surface area contributed by atoms with Gasteiger partial charge in [0.15, 0.2) is 0 Å². The molecule has 1 aliphatic heterocycles. The van der Waals surface area contributed by atoms with E-state index in [1.54, 1.807) is 0 Å². The average molecular weight is 761 g/mol. The second-order valence-corrected chi connectivity index (χ2v) is 17.5. The lowest BCUT2D eigenvalue weighted by Crippen LogP contribution is -2.24. The highest BCUT2D eigenvalue weighted by Gasteiger charge is 2.26. The smallest absolute Gasteiger partial charge is 0.137 e. The van der Waals surface area contributed by atoms with Gasteiger partial charge in [0.25, 0.3) is 0 Å². The third-order valence-corrected chi connectivity index (χ3v) is 11.9. The van der Waals surface area contributed by atoms with Crippen LogP contribution in [0, 0.1) is 41.5 Å². The molecule has 0 amide bonds. The Morgan fingerprint density at radius 3 is 1.97 bits per heavy atom. The van der Waals surface area contributed by atoms with Gasteiger partial charge in [-0.2, -0.15) is 0 Å². The summed E-state index contributed by atoms with van der Waals surface area (Å²) in [7, 11) is 2.15. The van der Waals surface area contributed by atoms with E-state index in [1.165, 1.54) is 72.4 Å². The van der Waals surface area contributed by atoms with Crippen molar-refractivity contribution < 1.29 is 4.74 Å². The Balaban J connectivity index is 1.26. The summed E-state index contributed by atoms with van der Waals surface area (Å²) in [5, 5.41) is 2.35. The number of fused-ring (bicyclic) bond motifs is 4. The normalized spacial score (nSPS) is 12.9. The third-order valence-electron chi connectivity index (χ3n) is 11.9. The molecule has 5 nitrogen and oxygen atoms in total. The van der Waals surface area contributed by atoms with Gasteiger partial charge < -0.3 is 14.5 Å². The second-order valence-electron chi connectivity index (χ2n) is 17.5. The summed E-state index contributed by atoms with van der Waals surface area (Å²) in [5.41, 5.74) is 19.3. The molecule has 1 aliphatic rings. The van der Waals surface area contributed by atoms with Crippen molar-refractivity contribution in [2.75, 3.05) is 23.5 Å². The molecule has 3 heterocycles. The number of ether oxygens (including phenoxy) is 1. The largest absolute Gasteiger partial charge is 0.457 e. The van der Waals surface area contributed by atoms with E-state index in [4.69, 9.17) is 9.72 Å². The van der Waals surface area contributed by atoms with Crippen LogP contribution in [0.25, 0.3) is 49.9 Å². The van der Waals surface area contributed by atoms with Crippen molar-refractivity contribution in [2.24, 2.45) is 0 Å². The highest BCUT2D eigenvalue weighted by molar-refractivity contribution is 6.14. The van der Waals surface area contributed by atoms with Crippen LogP contribution in [0.1, 0.15) is 59.7 Å². The molecule has 0 spiro atoms. The lowest BCUT2D eigenvalue weighted by Gasteiger charge is -2.22. The fourth-order valence-corrected chi connectivity index (χ4v) is 9.48. The molecular weight excluding hydrogens is 709 g/mol. The lowest BCUT2D eigenvalue weighted by molar-refractivity contribution is 0.483. The zero-order valence-electron chi connectivity index (χ0n) is 35.5. The Morgan fingerprint density at radius 2 is 1.28 bits per heavy atom. The second kappa shape index (κ2) is 13.9. The number of para-hydroxylation sites is 3. The molecule has 0 aliphatic carbocycles. The number of hydrogen-bond acceptors (Lipinski definition) is 4. The predicted molar refractivity (Wildman–Crippen MR) is 245 cm³/mol. The highest BCUT2D eigenvalue weighted by atomic mass is 16.5. The lowest BCUT2D eigenvalue weighted by atomic mass is 9.88. The first-order chi connectivity index (χ1) is 27.7. The van der Waals surface area contributed by atoms with Crippen LogP contribution in [-0.4, -0.2) is 23.3 Å². The molecule has 9 rings (SSSR count). The van der Waals surface area contributed by atoms with E-state index in [0.717, 1.165) is 51.7 Å². The standard InChI is InChI=1S/C53H52N4O/c1-32-22-34(3)50(35(4)23-32)38-26-40(56-31-55(10)46-16-11-12-17-47(46)56)29-42(27-38)58-41-18-19-43-44-14-13-15-45(51-36(5)24-33(2)25-37(51)6)52(44)57(48(43)30-41)49-28-39(20-21-54-49)53(7,8)9/h11-30H,31H2,1-10H3. The number of aromatic nitrogens is 2. The fraction of sp³-hybridized carbons (Fsp3) is 0.226. The van der Waals surface area contributed by atoms with E-state index in [0.29, 0.717) is 0 Å². The topological polar surface area (TPSA) is 33.5 Å². The Labute approximate surface area is 343 Å². The van der Waals surface area contributed by atoms with Gasteiger partial charge in [0.05, 0.1) is 29.1 Å². The molecular formula is C53H52N4O. The number of pyridine rings is 1. The summed E-state index contributed by atoms with van der Waals surface area (Å²) < 4.78 is 9.38. The monoisotopic (exact) mass is 760 g/mol. The average Bonchev–Trinajstić information content (AvgIpc) is 3.68. The molecule has 0 saturated carbocycles. The van der Waals surface area contributed by atoms with Crippen LogP contribution in [0.5, 0.6) is 11.5 Å². The summed E-state index contributed by atoms with van der Waals surface area (Å²) >= 11 is 0. The van der Waals surface area contributed by atoms with Gasteiger partial charge >= 0.3 is 0 Å². The van der Waals surface area contributed by atoms with E-state index in [-0.39, 0.29) is 5.41 Å². The number of rotatable bonds is 6. The SMILES string of the molecule is Cc1cc(C)c(-c2cc(Oc3ccc4c5cccc(-c6c(C)cc(C)cc6C)c5n(-c5cc(C(C)(C)C)ccn5)c4c3)cc(N3CN(C)c4ccccc43)c2)c(C)c1. The van der Waals surface area contributed by atoms with Crippen molar-refractivity contribution in [1.29, 1.82) is 0 Å². The molecule has 58 heavy (non-hydrogen) atoms. The van der Waals surface area contributed by atoms with Gasteiger partial charge in [0, 0.05) is 47.4 Å². The zero-order chi connectivity index (χ0) is 40.6. The minimum Gasteiger partial charge on any atom is -0.457 e. The summed E-state index contributed by atoms with van der Waals surface area (Å²) in [5.74, 6) is 2.46. The van der Waals surface area contributed by atoms with Gasteiger partial charge in [-0.1, -0.05) is 86.5 Å². The van der Waals surface area contributed by atoms with Gasteiger partial charge in [0.1, 0.15) is 17.3 Å². The number of anilines is 3. The maximum atomic E-state index is 7.02. The molecule has 0 radical (unpaired) electrons. The quantitative estimate of drug-likeness (QED) is 0.169. The Kier molecular flexibility index (Phi) is 8.96. The molecule has 8 aromatic rings. The molecule has 6 aromatic carbocycles. The van der Waals surface area contributed by atoms with Crippen LogP contribution in [0.3, 0.4) is 0 Å². The predicted octanol–water partition coefficient (Wildman–Crippen LogP) is 14.0. The zero-order valence-corrected chi connectivity index (χ0v) is 35.5. The van der Waals surface area contributed by atoms with Crippen LogP contribution in [0.2, 0.25) is 0 Å². The third kappa shape index (κ3) is 6.39. The maximum absolute atomic E-state index is 7.02. The minimum absolute atomic E-state index is 0.0424. The molecule has 0 fully saturated rings. The van der Waals surface area contributed by atoms with E-state index < -0.39 is 0 Å². The molecule has 0 bridgehead atoms. The summed E-state index contributed by atoms with van der Waals surface area (Å²) in [4.78, 5) is 9.75. The molecule has 290 valence electrons. The molecule has 2 aromatic heterocycles. The van der Waals surface area contributed by atoms with Crippen LogP contribution in [0.15, 0.2) is 121 Å². The molecule has 0 N–H and O–H groups in total. The van der Waals surface area contributed by atoms with E-state index >= 15 is 0 Å². The van der Waals surface area contributed by atoms with Gasteiger partial charge in [0.2, 0.25) is 0 Å². The Bertz CT molecular complexity index is 2880. The van der Waals surface area contributed by atoms with E-state index in [2.05, 4.69) is 199 Å². The van der Waals surface area contributed by atoms with Gasteiger partial charge in [-0.25, -0.2) is 4.98 Å². The first kappa shape index (κ1) is 37.3. The number of benzene rings is 6. The maximum Gasteiger partial charge on any atom is 0.137 e. The van der Waals surface area contributed by atoms with Crippen LogP contribution in [0.4, 0.5) is 17.1 Å². The molecule has 0 unspecified atom stereocenters. The first-order valence-electron chi connectivity index (χ1n) is 20.4. The van der Waals surface area contributed by atoms with Gasteiger partial charge in [-0.15, -0.1) is 0 Å². The van der Waals surface area contributed by atoms with Gasteiger partial charge in [-0.05, 0) is 140 Å². The van der Waals surface area contributed by atoms with Crippen molar-refractivity contribution in [1.82, 2.24) is 9.55 Å². The van der Waals surface area contributed by atoms with Crippen molar-refractivity contribution in [3.05, 3.63) is 160 Å². The van der Waals surface area contributed by atoms with Crippen molar-refractivity contribution in [2.45, 2.75) is 67.7 Å². The van der Waals surface area contributed by atoms with E-state index in [9.17, 15) is 0 Å². The molecule has 0 saturated heterocycles. The fourth-order valence-electron chi connectivity index (χ4n) is 9.48. The Hall–Kier alpha value is -6.33. The number of hydrogen-bond donors (Lipinski definition) is 0. The van der Waals surface area contributed by atoms with Crippen molar-refractivity contribution >= 4 is 38.9 Å². The molecule has 0 atom stereocenters. The highest BCUT2D eigenvalue weighted by Crippen LogP contribution is 2.45. The minimum atomic E-state index is -0.0424. The molecule has 5 heteroatoms. The first-order valence-corrected chi connectivity index (χ1v) is 20.4. The number of aryl methyl sites for hydroxylation is 6. The summed E-state index contributed by atoms with van der Waals surface area (Å²) in [6, 6.07) is 42.1. The summed E-state index contributed by atoms with van der Waals surface area (Å²) in [6.45, 7) is 20.8. The number of nitrogens with zero attached hydrogens (tertiary/aromatic N) is 4. The van der Waals surface area contributed by atoms with Crippen LogP contribution < -0.4 is 14.5 Å². The van der Waals surface area contributed by atoms with E-state index in [1.807, 2.05) is 6.20 Å². The summed E-state index contributed by atoms with van der Waals surface area (Å²) in [6.07, 6.45) is 1.95.